The number of hydrogen-bond donors (Lipinski definition) is 1. The molecule has 3 heterocycles. The van der Waals surface area contributed by atoms with Crippen molar-refractivity contribution in [2.45, 2.75) is 6.54 Å². The molecule has 3 aromatic heterocycles. The molecule has 0 saturated carbocycles. The molecule has 0 bridgehead atoms. The van der Waals surface area contributed by atoms with Gasteiger partial charge in [0.25, 0.3) is 5.91 Å². The average Bonchev–Trinajstić information content (AvgIpc) is 3.35. The van der Waals surface area contributed by atoms with Crippen LogP contribution in [0, 0.1) is 0 Å². The second-order valence-corrected chi connectivity index (χ2v) is 7.99. The molecule has 1 aromatic carbocycles. The molecule has 10 heteroatoms. The van der Waals surface area contributed by atoms with Crippen molar-refractivity contribution in [2.75, 3.05) is 33.1 Å². The van der Waals surface area contributed by atoms with Gasteiger partial charge in [-0.1, -0.05) is 11.6 Å². The van der Waals surface area contributed by atoms with Crippen molar-refractivity contribution in [3.8, 4) is 11.4 Å². The Bertz CT molecular complexity index is 1280. The molecule has 4 aromatic rings. The number of methoxy groups -OCH3 is 1. The molecule has 0 fully saturated rings. The number of aromatic nitrogens is 5. The van der Waals surface area contributed by atoms with E-state index in [1.54, 1.807) is 50.8 Å². The molecule has 166 valence electrons. The molecule has 1 amide bonds. The topological polar surface area (TPSA) is 90.1 Å². The summed E-state index contributed by atoms with van der Waals surface area (Å²) in [5, 5.41) is 4.56. The van der Waals surface area contributed by atoms with Gasteiger partial charge < -0.3 is 24.1 Å². The van der Waals surface area contributed by atoms with Crippen LogP contribution in [0.4, 0.5) is 11.6 Å². The van der Waals surface area contributed by atoms with Gasteiger partial charge in [-0.15, -0.1) is 0 Å². The lowest BCUT2D eigenvalue weighted by molar-refractivity contribution is 0.0815. The minimum Gasteiger partial charge on any atom is -0.383 e. The third-order valence-electron chi connectivity index (χ3n) is 4.97. The van der Waals surface area contributed by atoms with E-state index in [0.29, 0.717) is 41.2 Å². The summed E-state index contributed by atoms with van der Waals surface area (Å²) in [5.41, 5.74) is 3.51. The zero-order chi connectivity index (χ0) is 22.8. The smallest absolute Gasteiger partial charge is 0.269 e. The van der Waals surface area contributed by atoms with Gasteiger partial charge in [-0.3, -0.25) is 4.79 Å². The van der Waals surface area contributed by atoms with Crippen LogP contribution in [0.1, 0.15) is 10.5 Å². The van der Waals surface area contributed by atoms with Crippen molar-refractivity contribution >= 4 is 40.0 Å². The minimum atomic E-state index is -0.103. The Hall–Kier alpha value is -3.43. The van der Waals surface area contributed by atoms with Crippen LogP contribution >= 0.6 is 11.6 Å². The van der Waals surface area contributed by atoms with Crippen molar-refractivity contribution in [3.05, 3.63) is 53.7 Å². The predicted molar refractivity (Wildman–Crippen MR) is 124 cm³/mol. The molecule has 0 aliphatic rings. The number of carbonyl (C=O) groups excluding carboxylic acids is 1. The fraction of sp³-hybridized carbons (Fsp3) is 0.273. The first-order valence-corrected chi connectivity index (χ1v) is 10.4. The molecule has 0 saturated heterocycles. The van der Waals surface area contributed by atoms with Crippen LogP contribution < -0.4 is 5.32 Å². The molecule has 0 aliphatic carbocycles. The van der Waals surface area contributed by atoms with E-state index in [1.807, 2.05) is 34.5 Å². The Morgan fingerprint density at radius 2 is 2.03 bits per heavy atom. The van der Waals surface area contributed by atoms with Crippen LogP contribution in [0.15, 0.2) is 43.0 Å². The number of imidazole rings is 1. The monoisotopic (exact) mass is 453 g/mol. The Morgan fingerprint density at radius 1 is 1.22 bits per heavy atom. The van der Waals surface area contributed by atoms with Crippen LogP contribution in [-0.2, 0) is 18.3 Å². The number of carbonyl (C=O) groups is 1. The van der Waals surface area contributed by atoms with Crippen LogP contribution in [0.5, 0.6) is 0 Å². The summed E-state index contributed by atoms with van der Waals surface area (Å²) >= 11 is 6.66. The predicted octanol–water partition coefficient (Wildman–Crippen LogP) is 3.58. The van der Waals surface area contributed by atoms with E-state index in [9.17, 15) is 4.79 Å². The lowest BCUT2D eigenvalue weighted by Crippen LogP contribution is -2.25. The van der Waals surface area contributed by atoms with E-state index < -0.39 is 0 Å². The Morgan fingerprint density at radius 3 is 2.72 bits per heavy atom. The highest BCUT2D eigenvalue weighted by Crippen LogP contribution is 2.32. The molecule has 0 radical (unpaired) electrons. The molecular weight excluding hydrogens is 430 g/mol. The van der Waals surface area contributed by atoms with E-state index in [1.165, 1.54) is 0 Å². The maximum atomic E-state index is 12.7. The number of aryl methyl sites for hydroxylation is 1. The third-order valence-corrected chi connectivity index (χ3v) is 5.26. The van der Waals surface area contributed by atoms with E-state index in [0.717, 1.165) is 16.6 Å². The largest absolute Gasteiger partial charge is 0.383 e. The molecule has 1 N–H and O–H groups in total. The summed E-state index contributed by atoms with van der Waals surface area (Å²) in [6.45, 7) is 0.971. The molecule has 0 aliphatic heterocycles. The van der Waals surface area contributed by atoms with Crippen LogP contribution in [0.3, 0.4) is 0 Å². The van der Waals surface area contributed by atoms with E-state index in [-0.39, 0.29) is 5.91 Å². The first-order valence-electron chi connectivity index (χ1n) is 9.99. The van der Waals surface area contributed by atoms with E-state index >= 15 is 0 Å². The summed E-state index contributed by atoms with van der Waals surface area (Å²) in [6, 6.07) is 7.37. The fourth-order valence-corrected chi connectivity index (χ4v) is 3.82. The lowest BCUT2D eigenvalue weighted by atomic mass is 10.2. The van der Waals surface area contributed by atoms with Crippen molar-refractivity contribution < 1.29 is 9.53 Å². The number of amides is 1. The number of anilines is 2. The number of benzene rings is 1. The standard InChI is InChI=1S/C22H24ClN7O2/c1-28(2)21(31)19-10-14-9-15(11-16(23)20(14)30(19)7-8-32-4)26-22-24-6-5-17(27-22)18-12-29(3)13-25-18/h5-6,9-13H,7-8H2,1-4H3,(H,24,26,27). The molecular formula is C22H24ClN7O2. The summed E-state index contributed by atoms with van der Waals surface area (Å²) < 4.78 is 8.98. The lowest BCUT2D eigenvalue weighted by Gasteiger charge is -2.14. The summed E-state index contributed by atoms with van der Waals surface area (Å²) in [6.07, 6.45) is 5.29. The van der Waals surface area contributed by atoms with Gasteiger partial charge in [0.05, 0.1) is 29.2 Å². The number of nitrogens with one attached hydrogen (secondary N) is 1. The van der Waals surface area contributed by atoms with Gasteiger partial charge in [-0.2, -0.15) is 0 Å². The quantitative estimate of drug-likeness (QED) is 0.460. The maximum Gasteiger partial charge on any atom is 0.269 e. The van der Waals surface area contributed by atoms with Gasteiger partial charge in [-0.25, -0.2) is 15.0 Å². The average molecular weight is 454 g/mol. The van der Waals surface area contributed by atoms with Crippen LogP contribution in [0.2, 0.25) is 5.02 Å². The van der Waals surface area contributed by atoms with Gasteiger partial charge >= 0.3 is 0 Å². The zero-order valence-electron chi connectivity index (χ0n) is 18.3. The minimum absolute atomic E-state index is 0.103. The molecule has 9 nitrogen and oxygen atoms in total. The second-order valence-electron chi connectivity index (χ2n) is 7.58. The van der Waals surface area contributed by atoms with Crippen molar-refractivity contribution in [3.63, 3.8) is 0 Å². The summed E-state index contributed by atoms with van der Waals surface area (Å²) in [5.74, 6) is 0.321. The third kappa shape index (κ3) is 4.30. The van der Waals surface area contributed by atoms with Crippen molar-refractivity contribution in [1.29, 1.82) is 0 Å². The Kier molecular flexibility index (Phi) is 6.11. The number of rotatable bonds is 7. The molecule has 0 unspecified atom stereocenters. The zero-order valence-corrected chi connectivity index (χ0v) is 19.1. The Labute approximate surface area is 190 Å². The maximum absolute atomic E-state index is 12.7. The van der Waals surface area contributed by atoms with Crippen molar-refractivity contribution in [2.24, 2.45) is 7.05 Å². The first kappa shape index (κ1) is 21.8. The Balaban J connectivity index is 1.71. The molecule has 32 heavy (non-hydrogen) atoms. The van der Waals surface area contributed by atoms with Crippen LogP contribution in [0.25, 0.3) is 22.3 Å². The van der Waals surface area contributed by atoms with Gasteiger partial charge in [-0.05, 0) is 24.3 Å². The normalized spacial score (nSPS) is 11.2. The number of hydrogen-bond acceptors (Lipinski definition) is 6. The number of nitrogens with zero attached hydrogens (tertiary/aromatic N) is 6. The first-order chi connectivity index (χ1) is 15.4. The van der Waals surface area contributed by atoms with Gasteiger partial charge in [0.2, 0.25) is 5.95 Å². The SMILES string of the molecule is COCCn1c(C(=O)N(C)C)cc2cc(Nc3nccc(-c4cn(C)cn4)n3)cc(Cl)c21. The number of ether oxygens (including phenoxy) is 1. The second kappa shape index (κ2) is 8.97. The molecule has 0 atom stereocenters. The summed E-state index contributed by atoms with van der Waals surface area (Å²) in [7, 11) is 6.98. The van der Waals surface area contributed by atoms with Gasteiger partial charge in [0.15, 0.2) is 0 Å². The van der Waals surface area contributed by atoms with E-state index in [2.05, 4.69) is 20.3 Å². The molecule has 0 spiro atoms. The van der Waals surface area contributed by atoms with Gasteiger partial charge in [0, 0.05) is 58.3 Å². The number of fused-ring (bicyclic) bond motifs is 1. The number of halogens is 1. The highest BCUT2D eigenvalue weighted by molar-refractivity contribution is 6.35. The fourth-order valence-electron chi connectivity index (χ4n) is 3.49. The van der Waals surface area contributed by atoms with E-state index in [4.69, 9.17) is 16.3 Å². The highest BCUT2D eigenvalue weighted by atomic mass is 35.5. The van der Waals surface area contributed by atoms with Gasteiger partial charge in [0.1, 0.15) is 11.4 Å². The molecule has 4 rings (SSSR count). The summed E-state index contributed by atoms with van der Waals surface area (Å²) in [4.78, 5) is 27.5. The van der Waals surface area contributed by atoms with Crippen LogP contribution in [-0.4, -0.2) is 62.7 Å². The van der Waals surface area contributed by atoms with Crippen molar-refractivity contribution in [1.82, 2.24) is 29.0 Å². The highest BCUT2D eigenvalue weighted by Gasteiger charge is 2.19.